The summed E-state index contributed by atoms with van der Waals surface area (Å²) in [6, 6.07) is 13.0. The molecule has 166 valence electrons. The first kappa shape index (κ1) is 22.9. The molecule has 0 unspecified atom stereocenters. The number of rotatable bonds is 4. The van der Waals surface area contributed by atoms with Gasteiger partial charge in [-0.15, -0.1) is 11.3 Å². The van der Waals surface area contributed by atoms with Gasteiger partial charge in [0.1, 0.15) is 30.5 Å². The first-order valence-electron chi connectivity index (χ1n) is 10.1. The van der Waals surface area contributed by atoms with Gasteiger partial charge in [-0.25, -0.2) is 4.98 Å². The van der Waals surface area contributed by atoms with E-state index in [1.54, 1.807) is 18.3 Å². The third kappa shape index (κ3) is 5.03. The molecule has 0 aliphatic carbocycles. The highest BCUT2D eigenvalue weighted by molar-refractivity contribution is 7.10. The predicted octanol–water partition coefficient (Wildman–Crippen LogP) is 2.30. The predicted molar refractivity (Wildman–Crippen MR) is 122 cm³/mol. The standard InChI is InChI=1S/C24H22ClNO5S/c25-18-7-6-16(24-23(30)22(29)21(28)19(13-27)31-24)12-17(18)11-15-3-1-14(2-4-15)5-8-20-26-9-10-32-20/h1-4,6-7,9-10,12,19,21-24,27-30H,11,13H2/t19-,21-,22+,23-,24+/m1/s1. The molecule has 8 heteroatoms. The number of aromatic nitrogens is 1. The number of hydrogen-bond donors (Lipinski definition) is 4. The first-order valence-corrected chi connectivity index (χ1v) is 11.3. The first-order chi connectivity index (χ1) is 15.5. The van der Waals surface area contributed by atoms with Gasteiger partial charge < -0.3 is 25.2 Å². The van der Waals surface area contributed by atoms with Crippen LogP contribution in [-0.4, -0.2) is 56.4 Å². The minimum atomic E-state index is -1.43. The Balaban J connectivity index is 1.52. The van der Waals surface area contributed by atoms with Crippen LogP contribution in [0.25, 0.3) is 0 Å². The number of ether oxygens (including phenoxy) is 1. The number of thiazole rings is 1. The Morgan fingerprint density at radius 3 is 2.47 bits per heavy atom. The van der Waals surface area contributed by atoms with Crippen LogP contribution in [0.4, 0.5) is 0 Å². The van der Waals surface area contributed by atoms with Gasteiger partial charge in [0.15, 0.2) is 5.01 Å². The molecular weight excluding hydrogens is 450 g/mol. The van der Waals surface area contributed by atoms with Gasteiger partial charge in [0.2, 0.25) is 0 Å². The van der Waals surface area contributed by atoms with Gasteiger partial charge in [-0.2, -0.15) is 0 Å². The second-order valence-corrected chi connectivity index (χ2v) is 8.86. The highest BCUT2D eigenvalue weighted by Crippen LogP contribution is 2.34. The van der Waals surface area contributed by atoms with E-state index < -0.39 is 37.1 Å². The summed E-state index contributed by atoms with van der Waals surface area (Å²) in [5, 5.41) is 43.1. The summed E-state index contributed by atoms with van der Waals surface area (Å²) < 4.78 is 5.66. The van der Waals surface area contributed by atoms with Crippen molar-refractivity contribution in [2.75, 3.05) is 6.61 Å². The third-order valence-electron chi connectivity index (χ3n) is 5.39. The molecule has 2 heterocycles. The molecule has 0 amide bonds. The summed E-state index contributed by atoms with van der Waals surface area (Å²) in [5.74, 6) is 6.11. The highest BCUT2D eigenvalue weighted by Gasteiger charge is 2.44. The molecule has 32 heavy (non-hydrogen) atoms. The lowest BCUT2D eigenvalue weighted by Gasteiger charge is -2.40. The van der Waals surface area contributed by atoms with Crippen LogP contribution >= 0.6 is 22.9 Å². The van der Waals surface area contributed by atoms with Crippen molar-refractivity contribution in [2.24, 2.45) is 0 Å². The fourth-order valence-corrected chi connectivity index (χ4v) is 4.29. The Morgan fingerprint density at radius 1 is 1.00 bits per heavy atom. The zero-order valence-corrected chi connectivity index (χ0v) is 18.5. The van der Waals surface area contributed by atoms with Crippen LogP contribution in [0.2, 0.25) is 5.02 Å². The van der Waals surface area contributed by atoms with E-state index in [9.17, 15) is 20.4 Å². The molecule has 4 rings (SSSR count). The molecule has 5 atom stereocenters. The van der Waals surface area contributed by atoms with Gasteiger partial charge in [0.05, 0.1) is 6.61 Å². The van der Waals surface area contributed by atoms with E-state index in [2.05, 4.69) is 16.8 Å². The van der Waals surface area contributed by atoms with Crippen LogP contribution in [0, 0.1) is 11.8 Å². The topological polar surface area (TPSA) is 103 Å². The van der Waals surface area contributed by atoms with E-state index in [-0.39, 0.29) is 0 Å². The number of hydrogen-bond acceptors (Lipinski definition) is 7. The van der Waals surface area contributed by atoms with Gasteiger partial charge >= 0.3 is 0 Å². The van der Waals surface area contributed by atoms with Crippen molar-refractivity contribution in [1.29, 1.82) is 0 Å². The van der Waals surface area contributed by atoms with Crippen molar-refractivity contribution in [3.8, 4) is 11.8 Å². The summed E-state index contributed by atoms with van der Waals surface area (Å²) in [6.45, 7) is -0.473. The molecular formula is C24H22ClNO5S. The SMILES string of the molecule is OC[C@H]1O[C@@H](c2ccc(Cl)c(Cc3ccc(C#Cc4nccs4)cc3)c2)[C@H](O)[C@@H](O)[C@@H]1O. The molecule has 0 spiro atoms. The van der Waals surface area contributed by atoms with Gasteiger partial charge in [0, 0.05) is 22.2 Å². The minimum absolute atomic E-state index is 0.473. The average Bonchev–Trinajstić information content (AvgIpc) is 3.33. The Morgan fingerprint density at radius 2 is 1.78 bits per heavy atom. The molecule has 0 bridgehead atoms. The van der Waals surface area contributed by atoms with E-state index >= 15 is 0 Å². The molecule has 1 aliphatic rings. The fraction of sp³-hybridized carbons (Fsp3) is 0.292. The molecule has 1 fully saturated rings. The normalized spacial score (nSPS) is 25.2. The maximum absolute atomic E-state index is 10.4. The van der Waals surface area contributed by atoms with Crippen LogP contribution in [0.3, 0.4) is 0 Å². The third-order valence-corrected chi connectivity index (χ3v) is 6.44. The summed E-state index contributed by atoms with van der Waals surface area (Å²) in [4.78, 5) is 4.14. The van der Waals surface area contributed by atoms with Crippen LogP contribution in [0.15, 0.2) is 54.0 Å². The minimum Gasteiger partial charge on any atom is -0.394 e. The van der Waals surface area contributed by atoms with Crippen molar-refractivity contribution in [3.05, 3.63) is 86.3 Å². The number of nitrogens with zero attached hydrogens (tertiary/aromatic N) is 1. The number of benzene rings is 2. The summed E-state index contributed by atoms with van der Waals surface area (Å²) >= 11 is 7.90. The molecule has 1 saturated heterocycles. The Hall–Kier alpha value is -2.28. The molecule has 2 aromatic carbocycles. The summed E-state index contributed by atoms with van der Waals surface area (Å²) in [6.07, 6.45) is -3.75. The lowest BCUT2D eigenvalue weighted by molar-refractivity contribution is -0.231. The molecule has 1 aromatic heterocycles. The monoisotopic (exact) mass is 471 g/mol. The number of halogens is 1. The lowest BCUT2D eigenvalue weighted by Crippen LogP contribution is -2.55. The molecule has 1 aliphatic heterocycles. The molecule has 0 radical (unpaired) electrons. The van der Waals surface area contributed by atoms with Crippen molar-refractivity contribution < 1.29 is 25.2 Å². The van der Waals surface area contributed by atoms with E-state index in [4.69, 9.17) is 16.3 Å². The molecule has 6 nitrogen and oxygen atoms in total. The van der Waals surface area contributed by atoms with Crippen LogP contribution in [0.1, 0.15) is 33.4 Å². The van der Waals surface area contributed by atoms with Crippen molar-refractivity contribution in [3.63, 3.8) is 0 Å². The quantitative estimate of drug-likeness (QED) is 0.435. The van der Waals surface area contributed by atoms with Gasteiger partial charge in [-0.1, -0.05) is 41.8 Å². The largest absolute Gasteiger partial charge is 0.394 e. The maximum Gasteiger partial charge on any atom is 0.167 e. The van der Waals surface area contributed by atoms with Gasteiger partial charge in [-0.05, 0) is 47.2 Å². The van der Waals surface area contributed by atoms with Crippen molar-refractivity contribution in [2.45, 2.75) is 36.9 Å². The maximum atomic E-state index is 10.4. The van der Waals surface area contributed by atoms with Crippen LogP contribution in [0.5, 0.6) is 0 Å². The zero-order chi connectivity index (χ0) is 22.7. The second-order valence-electron chi connectivity index (χ2n) is 7.56. The van der Waals surface area contributed by atoms with E-state index in [1.165, 1.54) is 11.3 Å². The summed E-state index contributed by atoms with van der Waals surface area (Å²) in [5.41, 5.74) is 3.33. The highest BCUT2D eigenvalue weighted by atomic mass is 35.5. The van der Waals surface area contributed by atoms with Crippen molar-refractivity contribution >= 4 is 22.9 Å². The second kappa shape index (κ2) is 10.1. The van der Waals surface area contributed by atoms with Crippen LogP contribution in [-0.2, 0) is 11.2 Å². The number of aliphatic hydroxyl groups is 4. The van der Waals surface area contributed by atoms with Crippen molar-refractivity contribution in [1.82, 2.24) is 4.98 Å². The summed E-state index contributed by atoms with van der Waals surface area (Å²) in [7, 11) is 0. The van der Waals surface area contributed by atoms with Crippen LogP contribution < -0.4 is 0 Å². The Kier molecular flexibility index (Phi) is 7.23. The van der Waals surface area contributed by atoms with Gasteiger partial charge in [0.25, 0.3) is 0 Å². The van der Waals surface area contributed by atoms with E-state index in [0.29, 0.717) is 17.0 Å². The van der Waals surface area contributed by atoms with E-state index in [0.717, 1.165) is 21.7 Å². The van der Waals surface area contributed by atoms with E-state index in [1.807, 2.05) is 35.7 Å². The molecule has 0 saturated carbocycles. The Bertz CT molecular complexity index is 1110. The van der Waals surface area contributed by atoms with Gasteiger partial charge in [-0.3, -0.25) is 0 Å². The Labute approximate surface area is 194 Å². The molecule has 3 aromatic rings. The smallest absolute Gasteiger partial charge is 0.167 e. The lowest BCUT2D eigenvalue weighted by atomic mass is 9.90. The number of aliphatic hydroxyl groups excluding tert-OH is 4. The molecule has 4 N–H and O–H groups in total. The average molecular weight is 472 g/mol. The zero-order valence-electron chi connectivity index (χ0n) is 16.9. The fourth-order valence-electron chi connectivity index (χ4n) is 3.62.